The van der Waals surface area contributed by atoms with Crippen molar-refractivity contribution in [3.8, 4) is 5.75 Å². The van der Waals surface area contributed by atoms with Crippen LogP contribution in [-0.4, -0.2) is 19.1 Å². The summed E-state index contributed by atoms with van der Waals surface area (Å²) in [6.45, 7) is 5.64. The molecule has 0 aromatic heterocycles. The number of nitrogens with two attached hydrogens (primary N) is 1. The maximum atomic E-state index is 11.8. The van der Waals surface area contributed by atoms with Crippen molar-refractivity contribution in [2.24, 2.45) is 11.3 Å². The molecule has 20 heavy (non-hydrogen) atoms. The van der Waals surface area contributed by atoms with Crippen molar-refractivity contribution in [1.29, 1.82) is 0 Å². The molecule has 0 unspecified atom stereocenters. The van der Waals surface area contributed by atoms with Gasteiger partial charge in [0.15, 0.2) is 0 Å². The zero-order valence-electron chi connectivity index (χ0n) is 12.3. The van der Waals surface area contributed by atoms with Gasteiger partial charge in [-0.15, -0.1) is 0 Å². The van der Waals surface area contributed by atoms with E-state index in [1.54, 1.807) is 12.1 Å². The minimum atomic E-state index is 0.0624. The van der Waals surface area contributed by atoms with Gasteiger partial charge in [-0.05, 0) is 48.4 Å². The highest BCUT2D eigenvalue weighted by molar-refractivity contribution is 5.76. The Morgan fingerprint density at radius 2 is 2.00 bits per heavy atom. The zero-order chi connectivity index (χ0) is 14.6. The van der Waals surface area contributed by atoms with E-state index in [4.69, 9.17) is 10.5 Å². The van der Waals surface area contributed by atoms with Gasteiger partial charge in [0.1, 0.15) is 5.75 Å². The molecule has 0 saturated heterocycles. The van der Waals surface area contributed by atoms with E-state index in [0.717, 1.165) is 12.3 Å². The Morgan fingerprint density at radius 1 is 1.35 bits per heavy atom. The van der Waals surface area contributed by atoms with Gasteiger partial charge in [-0.3, -0.25) is 4.79 Å². The number of hydrogen-bond acceptors (Lipinski definition) is 3. The molecule has 4 heteroatoms. The molecule has 1 aliphatic carbocycles. The van der Waals surface area contributed by atoms with E-state index in [-0.39, 0.29) is 5.91 Å². The van der Waals surface area contributed by atoms with Crippen LogP contribution in [0, 0.1) is 11.3 Å². The van der Waals surface area contributed by atoms with Crippen LogP contribution in [0.15, 0.2) is 24.3 Å². The van der Waals surface area contributed by atoms with Crippen LogP contribution in [-0.2, 0) is 4.79 Å². The van der Waals surface area contributed by atoms with Gasteiger partial charge in [0.25, 0.3) is 0 Å². The molecular formula is C16H24N2O2. The van der Waals surface area contributed by atoms with E-state index < -0.39 is 0 Å². The van der Waals surface area contributed by atoms with Gasteiger partial charge >= 0.3 is 0 Å². The summed E-state index contributed by atoms with van der Waals surface area (Å²) in [4.78, 5) is 11.8. The van der Waals surface area contributed by atoms with Crippen LogP contribution in [0.3, 0.4) is 0 Å². The van der Waals surface area contributed by atoms with Crippen molar-refractivity contribution >= 4 is 11.6 Å². The fourth-order valence-corrected chi connectivity index (χ4v) is 2.31. The summed E-state index contributed by atoms with van der Waals surface area (Å²) >= 11 is 0. The second-order valence-corrected chi connectivity index (χ2v) is 5.96. The van der Waals surface area contributed by atoms with Crippen LogP contribution < -0.4 is 15.8 Å². The first-order chi connectivity index (χ1) is 9.52. The van der Waals surface area contributed by atoms with Gasteiger partial charge in [-0.2, -0.15) is 0 Å². The number of nitrogens with one attached hydrogen (secondary N) is 1. The van der Waals surface area contributed by atoms with E-state index in [1.165, 1.54) is 12.8 Å². The van der Waals surface area contributed by atoms with Gasteiger partial charge in [0, 0.05) is 12.2 Å². The Bertz CT molecular complexity index is 450. The lowest BCUT2D eigenvalue weighted by Gasteiger charge is -2.20. The highest BCUT2D eigenvalue weighted by Gasteiger charge is 2.45. The predicted octanol–water partition coefficient (Wildman–Crippen LogP) is 2.59. The minimum Gasteiger partial charge on any atom is -0.493 e. The second kappa shape index (κ2) is 6.16. The molecule has 1 aliphatic rings. The van der Waals surface area contributed by atoms with Gasteiger partial charge in [-0.1, -0.05) is 13.8 Å². The van der Waals surface area contributed by atoms with Crippen LogP contribution in [0.5, 0.6) is 5.75 Å². The Balaban J connectivity index is 1.64. The molecule has 0 radical (unpaired) electrons. The molecule has 2 rings (SSSR count). The quantitative estimate of drug-likeness (QED) is 0.752. The SMILES string of the molecule is CC(C)C1(CNC(=O)CCOc2ccc(N)cc2)CC1. The Kier molecular flexibility index (Phi) is 4.53. The monoisotopic (exact) mass is 276 g/mol. The molecule has 1 aromatic carbocycles. The van der Waals surface area contributed by atoms with Gasteiger partial charge in [0.2, 0.25) is 5.91 Å². The molecule has 1 fully saturated rings. The number of carbonyl (C=O) groups excluding carboxylic acids is 1. The molecule has 0 bridgehead atoms. The Labute approximate surface area is 120 Å². The first-order valence-corrected chi connectivity index (χ1v) is 7.27. The number of amides is 1. The normalized spacial score (nSPS) is 15.9. The molecule has 110 valence electrons. The molecule has 1 aromatic rings. The number of ether oxygens (including phenoxy) is 1. The Morgan fingerprint density at radius 3 is 2.55 bits per heavy atom. The average Bonchev–Trinajstić information content (AvgIpc) is 3.20. The largest absolute Gasteiger partial charge is 0.493 e. The van der Waals surface area contributed by atoms with E-state index in [9.17, 15) is 4.79 Å². The lowest BCUT2D eigenvalue weighted by molar-refractivity contribution is -0.121. The highest BCUT2D eigenvalue weighted by atomic mass is 16.5. The topological polar surface area (TPSA) is 64.3 Å². The summed E-state index contributed by atoms with van der Waals surface area (Å²) < 4.78 is 5.51. The van der Waals surface area contributed by atoms with Crippen molar-refractivity contribution in [2.45, 2.75) is 33.1 Å². The van der Waals surface area contributed by atoms with Crippen LogP contribution in [0.4, 0.5) is 5.69 Å². The summed E-state index contributed by atoms with van der Waals surface area (Å²) in [6.07, 6.45) is 2.85. The van der Waals surface area contributed by atoms with E-state index in [2.05, 4.69) is 19.2 Å². The third-order valence-corrected chi connectivity index (χ3v) is 4.23. The summed E-state index contributed by atoms with van der Waals surface area (Å²) in [5.41, 5.74) is 6.66. The molecule has 1 amide bonds. The number of nitrogen functional groups attached to an aromatic ring is 1. The van der Waals surface area contributed by atoms with Crippen molar-refractivity contribution in [3.63, 3.8) is 0 Å². The van der Waals surface area contributed by atoms with Gasteiger partial charge in [0.05, 0.1) is 13.0 Å². The number of benzene rings is 1. The van der Waals surface area contributed by atoms with Crippen molar-refractivity contribution in [3.05, 3.63) is 24.3 Å². The highest BCUT2D eigenvalue weighted by Crippen LogP contribution is 2.51. The Hall–Kier alpha value is -1.71. The van der Waals surface area contributed by atoms with Gasteiger partial charge in [-0.25, -0.2) is 0 Å². The maximum absolute atomic E-state index is 11.8. The van der Waals surface area contributed by atoms with Gasteiger partial charge < -0.3 is 15.8 Å². The third kappa shape index (κ3) is 3.89. The predicted molar refractivity (Wildman–Crippen MR) is 80.5 cm³/mol. The standard InChI is InChI=1S/C16H24N2O2/c1-12(2)16(8-9-16)11-18-15(19)7-10-20-14-5-3-13(17)4-6-14/h3-6,12H,7-11,17H2,1-2H3,(H,18,19). The summed E-state index contributed by atoms with van der Waals surface area (Å²) in [6, 6.07) is 7.19. The smallest absolute Gasteiger partial charge is 0.223 e. The molecule has 0 atom stereocenters. The summed E-state index contributed by atoms with van der Waals surface area (Å²) in [5, 5.41) is 3.02. The lowest BCUT2D eigenvalue weighted by Crippen LogP contribution is -2.33. The third-order valence-electron chi connectivity index (χ3n) is 4.23. The van der Waals surface area contributed by atoms with Crippen LogP contribution in [0.25, 0.3) is 0 Å². The fourth-order valence-electron chi connectivity index (χ4n) is 2.31. The van der Waals surface area contributed by atoms with Crippen LogP contribution in [0.1, 0.15) is 33.1 Å². The van der Waals surface area contributed by atoms with Crippen molar-refractivity contribution in [2.75, 3.05) is 18.9 Å². The number of carbonyl (C=O) groups is 1. The molecule has 4 nitrogen and oxygen atoms in total. The average molecular weight is 276 g/mol. The number of anilines is 1. The van der Waals surface area contributed by atoms with Crippen molar-refractivity contribution < 1.29 is 9.53 Å². The molecular weight excluding hydrogens is 252 g/mol. The molecule has 1 saturated carbocycles. The first kappa shape index (κ1) is 14.7. The summed E-state index contributed by atoms with van der Waals surface area (Å²) in [7, 11) is 0. The lowest BCUT2D eigenvalue weighted by atomic mass is 9.92. The van der Waals surface area contributed by atoms with E-state index in [1.807, 2.05) is 12.1 Å². The molecule has 0 spiro atoms. The fraction of sp³-hybridized carbons (Fsp3) is 0.562. The minimum absolute atomic E-state index is 0.0624. The number of hydrogen-bond donors (Lipinski definition) is 2. The van der Waals surface area contributed by atoms with E-state index in [0.29, 0.717) is 30.0 Å². The van der Waals surface area contributed by atoms with E-state index >= 15 is 0 Å². The number of rotatable bonds is 7. The maximum Gasteiger partial charge on any atom is 0.223 e. The zero-order valence-corrected chi connectivity index (χ0v) is 12.3. The van der Waals surface area contributed by atoms with Crippen molar-refractivity contribution in [1.82, 2.24) is 5.32 Å². The molecule has 3 N–H and O–H groups in total. The van der Waals surface area contributed by atoms with Crippen LogP contribution >= 0.6 is 0 Å². The first-order valence-electron chi connectivity index (χ1n) is 7.27. The second-order valence-electron chi connectivity index (χ2n) is 5.96. The molecule has 0 heterocycles. The summed E-state index contributed by atoms with van der Waals surface area (Å²) in [5.74, 6) is 1.44. The van der Waals surface area contributed by atoms with Crippen LogP contribution in [0.2, 0.25) is 0 Å². The molecule has 0 aliphatic heterocycles.